The van der Waals surface area contributed by atoms with E-state index in [9.17, 15) is 4.79 Å². The Balaban J connectivity index is 2.39. The molecule has 0 radical (unpaired) electrons. The first-order valence-electron chi connectivity index (χ1n) is 3.89. The van der Waals surface area contributed by atoms with Gasteiger partial charge in [-0.15, -0.1) is 11.8 Å². The molecule has 0 aromatic rings. The molecular formula is C8H8N2OS. The molecule has 2 rings (SSSR count). The number of fused-ring (bicyclic) bond motifs is 1. The lowest BCUT2D eigenvalue weighted by atomic mass is 10.3. The lowest BCUT2D eigenvalue weighted by molar-refractivity contribution is -0.125. The monoisotopic (exact) mass is 180 g/mol. The summed E-state index contributed by atoms with van der Waals surface area (Å²) < 4.78 is 0. The molecule has 1 fully saturated rings. The molecule has 1 saturated heterocycles. The SMILES string of the molecule is N#CC1=C2CCCN2C(=O)CS1. The van der Waals surface area contributed by atoms with E-state index >= 15 is 0 Å². The first-order valence-corrected chi connectivity index (χ1v) is 4.88. The molecule has 2 heterocycles. The maximum atomic E-state index is 11.3. The number of nitriles is 1. The van der Waals surface area contributed by atoms with Gasteiger partial charge in [0.2, 0.25) is 5.91 Å². The van der Waals surface area contributed by atoms with Crippen LogP contribution >= 0.6 is 11.8 Å². The van der Waals surface area contributed by atoms with E-state index in [4.69, 9.17) is 5.26 Å². The lowest BCUT2D eigenvalue weighted by Gasteiger charge is -2.22. The minimum absolute atomic E-state index is 0.159. The van der Waals surface area contributed by atoms with E-state index in [2.05, 4.69) is 6.07 Å². The van der Waals surface area contributed by atoms with Crippen LogP contribution in [0.15, 0.2) is 10.6 Å². The number of amides is 1. The first-order chi connectivity index (χ1) is 5.83. The van der Waals surface area contributed by atoms with Crippen molar-refractivity contribution >= 4 is 17.7 Å². The zero-order valence-electron chi connectivity index (χ0n) is 6.54. The van der Waals surface area contributed by atoms with Crippen LogP contribution in [-0.4, -0.2) is 23.1 Å². The Morgan fingerprint density at radius 3 is 3.17 bits per heavy atom. The Morgan fingerprint density at radius 1 is 1.58 bits per heavy atom. The van der Waals surface area contributed by atoms with E-state index in [1.807, 2.05) is 0 Å². The molecule has 2 aliphatic heterocycles. The van der Waals surface area contributed by atoms with Crippen LogP contribution in [0.25, 0.3) is 0 Å². The van der Waals surface area contributed by atoms with E-state index in [0.29, 0.717) is 5.75 Å². The molecule has 0 unspecified atom stereocenters. The zero-order chi connectivity index (χ0) is 8.55. The third-order valence-electron chi connectivity index (χ3n) is 2.13. The van der Waals surface area contributed by atoms with Gasteiger partial charge in [0, 0.05) is 12.2 Å². The quantitative estimate of drug-likeness (QED) is 0.560. The number of rotatable bonds is 0. The molecule has 62 valence electrons. The summed E-state index contributed by atoms with van der Waals surface area (Å²) in [6, 6.07) is 2.14. The molecule has 12 heavy (non-hydrogen) atoms. The van der Waals surface area contributed by atoms with Gasteiger partial charge in [-0.1, -0.05) is 0 Å². The van der Waals surface area contributed by atoms with Crippen LogP contribution in [0, 0.1) is 11.3 Å². The van der Waals surface area contributed by atoms with Crippen LogP contribution in [0.3, 0.4) is 0 Å². The van der Waals surface area contributed by atoms with Gasteiger partial charge in [-0.3, -0.25) is 4.79 Å². The summed E-state index contributed by atoms with van der Waals surface area (Å²) in [5.41, 5.74) is 0.957. The summed E-state index contributed by atoms with van der Waals surface area (Å²) in [5.74, 6) is 0.596. The van der Waals surface area contributed by atoms with Gasteiger partial charge < -0.3 is 4.90 Å². The maximum Gasteiger partial charge on any atom is 0.237 e. The number of carbonyl (C=O) groups is 1. The van der Waals surface area contributed by atoms with Gasteiger partial charge in [-0.25, -0.2) is 0 Å². The Labute approximate surface area is 75.0 Å². The van der Waals surface area contributed by atoms with Crippen LogP contribution < -0.4 is 0 Å². The standard InChI is InChI=1S/C8H8N2OS/c9-4-7-6-2-1-3-10(6)8(11)5-12-7/h1-3,5H2. The van der Waals surface area contributed by atoms with E-state index < -0.39 is 0 Å². The normalized spacial score (nSPS) is 22.6. The van der Waals surface area contributed by atoms with Gasteiger partial charge in [-0.05, 0) is 12.8 Å². The molecule has 0 aromatic carbocycles. The fourth-order valence-electron chi connectivity index (χ4n) is 1.58. The van der Waals surface area contributed by atoms with Crippen molar-refractivity contribution in [1.29, 1.82) is 5.26 Å². The van der Waals surface area contributed by atoms with Crippen molar-refractivity contribution in [2.75, 3.05) is 12.3 Å². The topological polar surface area (TPSA) is 44.1 Å². The van der Waals surface area contributed by atoms with Gasteiger partial charge in [0.1, 0.15) is 11.0 Å². The molecular weight excluding hydrogens is 172 g/mol. The van der Waals surface area contributed by atoms with Crippen molar-refractivity contribution in [2.24, 2.45) is 0 Å². The average Bonchev–Trinajstić information content (AvgIpc) is 2.54. The third-order valence-corrected chi connectivity index (χ3v) is 3.13. The van der Waals surface area contributed by atoms with Crippen molar-refractivity contribution in [3.8, 4) is 6.07 Å². The van der Waals surface area contributed by atoms with Crippen LogP contribution in [0.5, 0.6) is 0 Å². The summed E-state index contributed by atoms with van der Waals surface area (Å²) in [7, 11) is 0. The van der Waals surface area contributed by atoms with E-state index in [-0.39, 0.29) is 5.91 Å². The third kappa shape index (κ3) is 1.01. The van der Waals surface area contributed by atoms with Crippen molar-refractivity contribution in [1.82, 2.24) is 4.90 Å². The largest absolute Gasteiger partial charge is 0.314 e. The summed E-state index contributed by atoms with van der Waals surface area (Å²) >= 11 is 1.38. The average molecular weight is 180 g/mol. The summed E-state index contributed by atoms with van der Waals surface area (Å²) in [4.78, 5) is 13.8. The van der Waals surface area contributed by atoms with Gasteiger partial charge >= 0.3 is 0 Å². The molecule has 3 nitrogen and oxygen atoms in total. The molecule has 1 amide bonds. The lowest BCUT2D eigenvalue weighted by Crippen LogP contribution is -2.31. The highest BCUT2D eigenvalue weighted by molar-refractivity contribution is 8.04. The highest BCUT2D eigenvalue weighted by Gasteiger charge is 2.30. The molecule has 2 aliphatic rings. The summed E-state index contributed by atoms with van der Waals surface area (Å²) in [5, 5.41) is 8.76. The minimum atomic E-state index is 0.159. The second-order valence-corrected chi connectivity index (χ2v) is 3.81. The van der Waals surface area contributed by atoms with Crippen molar-refractivity contribution in [3.05, 3.63) is 10.6 Å². The number of carbonyl (C=O) groups excluding carboxylic acids is 1. The van der Waals surface area contributed by atoms with Crippen LogP contribution in [0.1, 0.15) is 12.8 Å². The predicted molar refractivity (Wildman–Crippen MR) is 46.0 cm³/mol. The predicted octanol–water partition coefficient (Wildman–Crippen LogP) is 1.09. The van der Waals surface area contributed by atoms with Crippen molar-refractivity contribution in [2.45, 2.75) is 12.8 Å². The fourth-order valence-corrected chi connectivity index (χ4v) is 2.44. The smallest absolute Gasteiger partial charge is 0.237 e. The van der Waals surface area contributed by atoms with Crippen molar-refractivity contribution < 1.29 is 4.79 Å². The fraction of sp³-hybridized carbons (Fsp3) is 0.500. The first kappa shape index (κ1) is 7.69. The molecule has 4 heteroatoms. The number of allylic oxidation sites excluding steroid dienone is 2. The highest BCUT2D eigenvalue weighted by Crippen LogP contribution is 2.34. The van der Waals surface area contributed by atoms with Gasteiger partial charge in [0.15, 0.2) is 0 Å². The minimum Gasteiger partial charge on any atom is -0.314 e. The number of nitrogens with zero attached hydrogens (tertiary/aromatic N) is 2. The number of hydrogen-bond acceptors (Lipinski definition) is 3. The Bertz CT molecular complexity index is 303. The Kier molecular flexibility index (Phi) is 1.81. The van der Waals surface area contributed by atoms with Crippen molar-refractivity contribution in [3.63, 3.8) is 0 Å². The van der Waals surface area contributed by atoms with E-state index in [1.165, 1.54) is 11.8 Å². The van der Waals surface area contributed by atoms with E-state index in [1.54, 1.807) is 4.90 Å². The number of hydrogen-bond donors (Lipinski definition) is 0. The van der Waals surface area contributed by atoms with Gasteiger partial charge in [-0.2, -0.15) is 5.26 Å². The van der Waals surface area contributed by atoms with Gasteiger partial charge in [0.25, 0.3) is 0 Å². The second-order valence-electron chi connectivity index (χ2n) is 2.83. The summed E-state index contributed by atoms with van der Waals surface area (Å²) in [6.45, 7) is 0.805. The number of thioether (sulfide) groups is 1. The molecule has 0 atom stereocenters. The molecule has 0 N–H and O–H groups in total. The van der Waals surface area contributed by atoms with Crippen LogP contribution in [0.4, 0.5) is 0 Å². The van der Waals surface area contributed by atoms with Crippen LogP contribution in [0.2, 0.25) is 0 Å². The van der Waals surface area contributed by atoms with Gasteiger partial charge in [0.05, 0.1) is 5.75 Å². The van der Waals surface area contributed by atoms with E-state index in [0.717, 1.165) is 30.0 Å². The maximum absolute atomic E-state index is 11.3. The molecule has 0 saturated carbocycles. The zero-order valence-corrected chi connectivity index (χ0v) is 7.36. The molecule has 0 spiro atoms. The summed E-state index contributed by atoms with van der Waals surface area (Å²) in [6.07, 6.45) is 1.90. The van der Waals surface area contributed by atoms with Crippen LogP contribution in [-0.2, 0) is 4.79 Å². The Morgan fingerprint density at radius 2 is 2.42 bits per heavy atom. The second kappa shape index (κ2) is 2.83. The molecule has 0 aromatic heterocycles. The highest BCUT2D eigenvalue weighted by atomic mass is 32.2. The Hall–Kier alpha value is -0.950. The molecule has 0 aliphatic carbocycles. The molecule has 0 bridgehead atoms.